The molecule has 1 heterocycles. The summed E-state index contributed by atoms with van der Waals surface area (Å²) in [5, 5.41) is 3.32. The van der Waals surface area contributed by atoms with Gasteiger partial charge in [0, 0.05) is 11.4 Å². The minimum absolute atomic E-state index is 0.810. The van der Waals surface area contributed by atoms with Crippen LogP contribution in [0.3, 0.4) is 0 Å². The van der Waals surface area contributed by atoms with Gasteiger partial charge in [0.1, 0.15) is 0 Å². The molecule has 0 amide bonds. The summed E-state index contributed by atoms with van der Waals surface area (Å²) in [6.07, 6.45) is 2.20. The van der Waals surface area contributed by atoms with Crippen molar-refractivity contribution in [3.8, 4) is 0 Å². The van der Waals surface area contributed by atoms with Crippen molar-refractivity contribution in [1.29, 1.82) is 0 Å². The summed E-state index contributed by atoms with van der Waals surface area (Å²) in [4.78, 5) is 1.39. The van der Waals surface area contributed by atoms with Gasteiger partial charge in [0.05, 0.1) is 17.0 Å². The number of nitrogens with one attached hydrogen (secondary N) is 1. The van der Waals surface area contributed by atoms with E-state index in [9.17, 15) is 0 Å². The first-order valence-electron chi connectivity index (χ1n) is 5.77. The second-order valence-corrected chi connectivity index (χ2v) is 6.38. The molecule has 0 unspecified atom stereocenters. The van der Waals surface area contributed by atoms with Crippen molar-refractivity contribution in [3.05, 3.63) is 20.3 Å². The minimum atomic E-state index is 0.810. The zero-order valence-electron chi connectivity index (χ0n) is 10.0. The van der Waals surface area contributed by atoms with Crippen molar-refractivity contribution in [3.63, 3.8) is 0 Å². The van der Waals surface area contributed by atoms with Crippen molar-refractivity contribution < 1.29 is 4.74 Å². The van der Waals surface area contributed by atoms with E-state index in [1.807, 2.05) is 0 Å². The molecule has 1 N–H and O–H groups in total. The van der Waals surface area contributed by atoms with Gasteiger partial charge in [-0.1, -0.05) is 6.92 Å². The van der Waals surface area contributed by atoms with Gasteiger partial charge in [-0.05, 0) is 53.9 Å². The number of aryl methyl sites for hydroxylation is 1. The van der Waals surface area contributed by atoms with E-state index in [1.165, 1.54) is 20.6 Å². The molecule has 0 bridgehead atoms. The molecule has 0 aliphatic rings. The molecule has 1 aromatic rings. The fourth-order valence-electron chi connectivity index (χ4n) is 1.46. The van der Waals surface area contributed by atoms with Crippen LogP contribution in [0.4, 0.5) is 0 Å². The third-order valence-corrected chi connectivity index (χ3v) is 3.95. The lowest BCUT2D eigenvalue weighted by Crippen LogP contribution is -2.20. The molecule has 1 rings (SSSR count). The third-order valence-electron chi connectivity index (χ3n) is 2.36. The van der Waals surface area contributed by atoms with E-state index in [1.54, 1.807) is 11.3 Å². The maximum absolute atomic E-state index is 5.58. The molecule has 0 spiro atoms. The lowest BCUT2D eigenvalue weighted by Gasteiger charge is -2.05. The summed E-state index contributed by atoms with van der Waals surface area (Å²) in [5.41, 5.74) is 1.40. The second-order valence-electron chi connectivity index (χ2n) is 3.74. The average molecular weight is 306 g/mol. The fraction of sp³-hybridized carbons (Fsp3) is 0.667. The van der Waals surface area contributed by atoms with Gasteiger partial charge in [0.25, 0.3) is 0 Å². The Kier molecular flexibility index (Phi) is 7.28. The van der Waals surface area contributed by atoms with E-state index in [-0.39, 0.29) is 0 Å². The standard InChI is InChI=1S/C12H20BrNOS/c1-3-5-14-6-8-15-7-4-11-9-12(13)16-10(11)2/h9,14H,3-8H2,1-2H3. The Balaban J connectivity index is 2.05. The monoisotopic (exact) mass is 305 g/mol. The molecule has 0 aliphatic heterocycles. The first-order valence-corrected chi connectivity index (χ1v) is 7.38. The summed E-state index contributed by atoms with van der Waals surface area (Å²) < 4.78 is 6.79. The van der Waals surface area contributed by atoms with E-state index in [0.29, 0.717) is 0 Å². The lowest BCUT2D eigenvalue weighted by molar-refractivity contribution is 0.139. The molecule has 0 aromatic carbocycles. The van der Waals surface area contributed by atoms with Crippen LogP contribution in [0.25, 0.3) is 0 Å². The highest BCUT2D eigenvalue weighted by Gasteiger charge is 2.02. The third kappa shape index (κ3) is 5.43. The van der Waals surface area contributed by atoms with Crippen LogP contribution in [0.1, 0.15) is 23.8 Å². The lowest BCUT2D eigenvalue weighted by atomic mass is 10.2. The Bertz CT molecular complexity index is 301. The van der Waals surface area contributed by atoms with Crippen LogP contribution in [0.15, 0.2) is 9.85 Å². The van der Waals surface area contributed by atoms with E-state index < -0.39 is 0 Å². The van der Waals surface area contributed by atoms with Crippen LogP contribution in [0, 0.1) is 6.92 Å². The van der Waals surface area contributed by atoms with Gasteiger partial charge in [0.2, 0.25) is 0 Å². The van der Waals surface area contributed by atoms with Crippen molar-refractivity contribution in [2.75, 3.05) is 26.3 Å². The first kappa shape index (κ1) is 14.2. The molecule has 1 aromatic heterocycles. The zero-order chi connectivity index (χ0) is 11.8. The second kappa shape index (κ2) is 8.23. The molecular formula is C12H20BrNOS. The van der Waals surface area contributed by atoms with E-state index >= 15 is 0 Å². The highest BCUT2D eigenvalue weighted by molar-refractivity contribution is 9.11. The molecule has 0 fully saturated rings. The number of hydrogen-bond donors (Lipinski definition) is 1. The van der Waals surface area contributed by atoms with Crippen LogP contribution >= 0.6 is 27.3 Å². The molecule has 0 saturated carbocycles. The summed E-state index contributed by atoms with van der Waals surface area (Å²) in [6, 6.07) is 2.19. The fourth-order valence-corrected chi connectivity index (χ4v) is 3.25. The molecule has 4 heteroatoms. The zero-order valence-corrected chi connectivity index (χ0v) is 12.4. The highest BCUT2D eigenvalue weighted by Crippen LogP contribution is 2.26. The summed E-state index contributed by atoms with van der Waals surface area (Å²) in [7, 11) is 0. The topological polar surface area (TPSA) is 21.3 Å². The molecule has 2 nitrogen and oxygen atoms in total. The number of thiophene rings is 1. The van der Waals surface area contributed by atoms with Gasteiger partial charge < -0.3 is 10.1 Å². The van der Waals surface area contributed by atoms with E-state index in [0.717, 1.165) is 32.7 Å². The number of rotatable bonds is 8. The Morgan fingerprint density at radius 2 is 2.19 bits per heavy atom. The highest BCUT2D eigenvalue weighted by atomic mass is 79.9. The van der Waals surface area contributed by atoms with Crippen LogP contribution < -0.4 is 5.32 Å². The number of halogens is 1. The minimum Gasteiger partial charge on any atom is -0.380 e. The normalized spacial score (nSPS) is 10.9. The van der Waals surface area contributed by atoms with Gasteiger partial charge in [-0.2, -0.15) is 0 Å². The Hall–Kier alpha value is 0.1000. The summed E-state index contributed by atoms with van der Waals surface area (Å²) >= 11 is 5.29. The predicted molar refractivity (Wildman–Crippen MR) is 74.4 cm³/mol. The van der Waals surface area contributed by atoms with Gasteiger partial charge in [-0.25, -0.2) is 0 Å². The molecular weight excluding hydrogens is 286 g/mol. The van der Waals surface area contributed by atoms with Crippen molar-refractivity contribution in [1.82, 2.24) is 5.32 Å². The Morgan fingerprint density at radius 3 is 2.81 bits per heavy atom. The van der Waals surface area contributed by atoms with Gasteiger partial charge in [-0.15, -0.1) is 11.3 Å². The summed E-state index contributed by atoms with van der Waals surface area (Å²) in [6.45, 7) is 8.00. The molecule has 16 heavy (non-hydrogen) atoms. The Morgan fingerprint density at radius 1 is 1.38 bits per heavy atom. The van der Waals surface area contributed by atoms with Crippen LogP contribution in [0.2, 0.25) is 0 Å². The largest absolute Gasteiger partial charge is 0.380 e. The van der Waals surface area contributed by atoms with Gasteiger partial charge in [0.15, 0.2) is 0 Å². The molecule has 0 atom stereocenters. The van der Waals surface area contributed by atoms with Crippen molar-refractivity contribution in [2.45, 2.75) is 26.7 Å². The maximum Gasteiger partial charge on any atom is 0.0704 e. The van der Waals surface area contributed by atoms with E-state index in [2.05, 4.69) is 41.2 Å². The van der Waals surface area contributed by atoms with Crippen LogP contribution in [-0.4, -0.2) is 26.3 Å². The quantitative estimate of drug-likeness (QED) is 0.744. The smallest absolute Gasteiger partial charge is 0.0704 e. The SMILES string of the molecule is CCCNCCOCCc1cc(Br)sc1C. The summed E-state index contributed by atoms with van der Waals surface area (Å²) in [5.74, 6) is 0. The maximum atomic E-state index is 5.58. The van der Waals surface area contributed by atoms with Crippen molar-refractivity contribution >= 4 is 27.3 Å². The molecule has 0 aliphatic carbocycles. The van der Waals surface area contributed by atoms with Crippen LogP contribution in [0.5, 0.6) is 0 Å². The first-order chi connectivity index (χ1) is 7.74. The molecule has 0 radical (unpaired) electrons. The van der Waals surface area contributed by atoms with Crippen LogP contribution in [-0.2, 0) is 11.2 Å². The molecule has 0 saturated heterocycles. The van der Waals surface area contributed by atoms with Gasteiger partial charge in [-0.3, -0.25) is 0 Å². The van der Waals surface area contributed by atoms with E-state index in [4.69, 9.17) is 4.74 Å². The molecule has 92 valence electrons. The van der Waals surface area contributed by atoms with Gasteiger partial charge >= 0.3 is 0 Å². The average Bonchev–Trinajstić information content (AvgIpc) is 2.56. The number of ether oxygens (including phenoxy) is 1. The Labute approximate surface area is 111 Å². The predicted octanol–water partition coefficient (Wildman–Crippen LogP) is 3.38. The van der Waals surface area contributed by atoms with Crippen molar-refractivity contribution in [2.24, 2.45) is 0 Å². The number of hydrogen-bond acceptors (Lipinski definition) is 3.